The monoisotopic (exact) mass is 971 g/mol. The number of para-hydroxylation sites is 6. The van der Waals surface area contributed by atoms with Crippen LogP contribution in [0, 0.1) is 0 Å². The van der Waals surface area contributed by atoms with E-state index in [-0.39, 0.29) is 13.4 Å². The summed E-state index contributed by atoms with van der Waals surface area (Å²) in [6, 6.07) is 78.8. The lowest BCUT2D eigenvalue weighted by Crippen LogP contribution is -2.65. The van der Waals surface area contributed by atoms with Crippen LogP contribution < -0.4 is 62.0 Å². The van der Waals surface area contributed by atoms with Gasteiger partial charge in [-0.05, 0) is 137 Å². The molecule has 6 nitrogen and oxygen atoms in total. The van der Waals surface area contributed by atoms with Gasteiger partial charge in [0.15, 0.2) is 0 Å². The Morgan fingerprint density at radius 1 is 0.347 bits per heavy atom. The zero-order valence-corrected chi connectivity index (χ0v) is 42.7. The first-order valence-corrected chi connectivity index (χ1v) is 27.7. The van der Waals surface area contributed by atoms with Crippen LogP contribution in [0.1, 0.15) is 64.2 Å². The molecule has 4 aliphatic heterocycles. The quantitative estimate of drug-likeness (QED) is 0.141. The van der Waals surface area contributed by atoms with E-state index in [1.165, 1.54) is 142 Å². The van der Waals surface area contributed by atoms with E-state index in [1.807, 2.05) is 0 Å². The summed E-state index contributed by atoms with van der Waals surface area (Å²) >= 11 is 0. The summed E-state index contributed by atoms with van der Waals surface area (Å²) in [5.41, 5.74) is 23.5. The average molecular weight is 972 g/mol. The van der Waals surface area contributed by atoms with Crippen molar-refractivity contribution in [2.24, 2.45) is 0 Å². The van der Waals surface area contributed by atoms with Gasteiger partial charge in [0.25, 0.3) is 13.4 Å². The van der Waals surface area contributed by atoms with E-state index < -0.39 is 0 Å². The molecule has 2 fully saturated rings. The van der Waals surface area contributed by atoms with Gasteiger partial charge in [0.1, 0.15) is 5.75 Å². The lowest BCUT2D eigenvalue weighted by Gasteiger charge is -2.48. The van der Waals surface area contributed by atoms with E-state index in [9.17, 15) is 0 Å². The second-order valence-corrected chi connectivity index (χ2v) is 21.6. The average Bonchev–Trinajstić information content (AvgIpc) is 3.59. The summed E-state index contributed by atoms with van der Waals surface area (Å²) in [6.07, 6.45) is 12.9. The largest absolute Gasteiger partial charge is 0.497 e. The molecule has 2 aliphatic carbocycles. The third-order valence-corrected chi connectivity index (χ3v) is 17.6. The van der Waals surface area contributed by atoms with Crippen LogP contribution >= 0.6 is 0 Å². The molecule has 6 aliphatic rings. The Hall–Kier alpha value is -8.09. The summed E-state index contributed by atoms with van der Waals surface area (Å²) in [5.74, 6) is 0.826. The van der Waals surface area contributed by atoms with Crippen molar-refractivity contribution < 1.29 is 4.74 Å². The topological polar surface area (TPSA) is 25.4 Å². The summed E-state index contributed by atoms with van der Waals surface area (Å²) in [4.78, 5) is 13.2. The molecule has 75 heavy (non-hydrogen) atoms. The van der Waals surface area contributed by atoms with Gasteiger partial charge in [0.05, 0.1) is 7.11 Å². The number of hydrogen-bond acceptors (Lipinski definition) is 6. The number of ether oxygens (including phenoxy) is 1. The SMILES string of the molecule is COc1cc2c3c(c1)N(c1ccccc1)c1cc4c(cc1B3c1ccccc1N2c1ccccc1)B1c2ccccc2N(c2ccccc2)c2cc(N(C3CCCCC3)C3CCCCC3)cc(c21)N4c1ccccc1. The van der Waals surface area contributed by atoms with Crippen molar-refractivity contribution in [3.05, 3.63) is 206 Å². The highest BCUT2D eigenvalue weighted by Gasteiger charge is 2.49. The van der Waals surface area contributed by atoms with Crippen molar-refractivity contribution in [2.45, 2.75) is 76.3 Å². The fourth-order valence-corrected chi connectivity index (χ4v) is 14.5. The van der Waals surface area contributed by atoms with Crippen LogP contribution in [-0.2, 0) is 0 Å². The predicted molar refractivity (Wildman–Crippen MR) is 317 cm³/mol. The number of hydrogen-bond donors (Lipinski definition) is 0. The van der Waals surface area contributed by atoms with E-state index in [1.54, 1.807) is 7.11 Å². The van der Waals surface area contributed by atoms with Crippen molar-refractivity contribution in [1.29, 1.82) is 0 Å². The maximum Gasteiger partial charge on any atom is 0.252 e. The first-order chi connectivity index (χ1) is 37.2. The molecular weight excluding hydrogens is 912 g/mol. The standard InChI is InChI=1S/C67H59B2N5O/c1-75-53-42-64-67-65(43-53)74(51-34-18-7-19-35-51)61-45-60-56(44-57(61)69(67)55-37-21-23-39-59(55)72(64)49-30-14-5-15-31-49)68-54-36-20-22-38-58(54)71(48-28-12-4-13-29-48)62-40-52(41-63(66(62)68)73(60)50-32-16-6-17-33-50)70(46-24-8-2-9-25-46)47-26-10-3-11-27-47/h4-7,12-23,28-47H,2-3,8-11,24-27H2,1H3. The number of nitrogens with zero attached hydrogens (tertiary/aromatic N) is 5. The van der Waals surface area contributed by atoms with Crippen molar-refractivity contribution in [3.63, 3.8) is 0 Å². The van der Waals surface area contributed by atoms with E-state index in [4.69, 9.17) is 4.74 Å². The Bertz CT molecular complexity index is 3600. The second kappa shape index (κ2) is 18.1. The zero-order chi connectivity index (χ0) is 49.6. The van der Waals surface area contributed by atoms with E-state index in [2.05, 4.69) is 231 Å². The molecule has 9 aromatic carbocycles. The minimum Gasteiger partial charge on any atom is -0.497 e. The highest BCUT2D eigenvalue weighted by atomic mass is 16.5. The molecule has 364 valence electrons. The first kappa shape index (κ1) is 44.4. The summed E-state index contributed by atoms with van der Waals surface area (Å²) in [6.45, 7) is -0.107. The summed E-state index contributed by atoms with van der Waals surface area (Å²) in [7, 11) is 1.80. The molecule has 0 amide bonds. The predicted octanol–water partition coefficient (Wildman–Crippen LogP) is 13.3. The lowest BCUT2D eigenvalue weighted by atomic mass is 9.30. The van der Waals surface area contributed by atoms with Crippen molar-refractivity contribution in [3.8, 4) is 5.75 Å². The Labute approximate surface area is 442 Å². The van der Waals surface area contributed by atoms with E-state index in [0.29, 0.717) is 12.1 Å². The first-order valence-electron chi connectivity index (χ1n) is 27.7. The normalized spacial score (nSPS) is 16.3. The van der Waals surface area contributed by atoms with Crippen molar-refractivity contribution in [2.75, 3.05) is 31.6 Å². The number of anilines is 13. The van der Waals surface area contributed by atoms with Crippen LogP contribution in [0.15, 0.2) is 206 Å². The Morgan fingerprint density at radius 3 is 1.08 bits per heavy atom. The summed E-state index contributed by atoms with van der Waals surface area (Å²) < 4.78 is 6.30. The second-order valence-electron chi connectivity index (χ2n) is 21.6. The maximum absolute atomic E-state index is 6.30. The molecule has 0 aromatic heterocycles. The fourth-order valence-electron chi connectivity index (χ4n) is 14.5. The van der Waals surface area contributed by atoms with Gasteiger partial charge < -0.3 is 29.2 Å². The van der Waals surface area contributed by atoms with Crippen molar-refractivity contribution >= 4 is 120 Å². The fraction of sp³-hybridized carbons (Fsp3) is 0.194. The maximum atomic E-state index is 6.30. The zero-order valence-electron chi connectivity index (χ0n) is 42.7. The molecule has 0 saturated heterocycles. The molecule has 0 atom stereocenters. The lowest BCUT2D eigenvalue weighted by molar-refractivity contribution is 0.340. The molecule has 0 bridgehead atoms. The molecule has 4 heterocycles. The minimum absolute atomic E-state index is 0.0418. The van der Waals surface area contributed by atoms with Crippen LogP contribution in [0.5, 0.6) is 5.75 Å². The van der Waals surface area contributed by atoms with Gasteiger partial charge in [-0.15, -0.1) is 0 Å². The Balaban J connectivity index is 1.05. The van der Waals surface area contributed by atoms with Crippen LogP contribution in [0.3, 0.4) is 0 Å². The van der Waals surface area contributed by atoms with Gasteiger partial charge in [-0.3, -0.25) is 0 Å². The van der Waals surface area contributed by atoms with Crippen LogP contribution in [0.4, 0.5) is 73.9 Å². The van der Waals surface area contributed by atoms with Gasteiger partial charge in [-0.25, -0.2) is 0 Å². The number of fused-ring (bicyclic) bond motifs is 8. The minimum atomic E-state index is -0.0649. The van der Waals surface area contributed by atoms with Crippen LogP contribution in [0.2, 0.25) is 0 Å². The molecule has 9 aromatic rings. The van der Waals surface area contributed by atoms with E-state index >= 15 is 0 Å². The molecule has 0 N–H and O–H groups in total. The highest BCUT2D eigenvalue weighted by Crippen LogP contribution is 2.51. The third-order valence-electron chi connectivity index (χ3n) is 17.6. The smallest absolute Gasteiger partial charge is 0.252 e. The molecule has 0 unspecified atom stereocenters. The molecule has 2 saturated carbocycles. The third kappa shape index (κ3) is 7.01. The van der Waals surface area contributed by atoms with E-state index in [0.717, 1.165) is 34.2 Å². The molecular formula is C67H59B2N5O. The van der Waals surface area contributed by atoms with Gasteiger partial charge in [0, 0.05) is 98.2 Å². The van der Waals surface area contributed by atoms with Gasteiger partial charge >= 0.3 is 0 Å². The number of benzene rings is 9. The summed E-state index contributed by atoms with van der Waals surface area (Å²) in [5, 5.41) is 0. The molecule has 0 radical (unpaired) electrons. The van der Waals surface area contributed by atoms with Gasteiger partial charge in [-0.1, -0.05) is 154 Å². The number of methoxy groups -OCH3 is 1. The van der Waals surface area contributed by atoms with Crippen LogP contribution in [0.25, 0.3) is 0 Å². The highest BCUT2D eigenvalue weighted by molar-refractivity contribution is 7.03. The molecule has 15 rings (SSSR count). The number of rotatable bonds is 8. The Morgan fingerprint density at radius 2 is 0.693 bits per heavy atom. The Kier molecular flexibility index (Phi) is 10.7. The van der Waals surface area contributed by atoms with Gasteiger partial charge in [-0.2, -0.15) is 0 Å². The molecule has 8 heteroatoms. The molecule has 0 spiro atoms. The van der Waals surface area contributed by atoms with Crippen LogP contribution in [-0.4, -0.2) is 32.6 Å². The van der Waals surface area contributed by atoms with Crippen molar-refractivity contribution in [1.82, 2.24) is 0 Å². The van der Waals surface area contributed by atoms with Gasteiger partial charge in [0.2, 0.25) is 0 Å².